The van der Waals surface area contributed by atoms with E-state index in [0.717, 1.165) is 20.3 Å². The van der Waals surface area contributed by atoms with Crippen molar-refractivity contribution in [1.82, 2.24) is 0 Å². The van der Waals surface area contributed by atoms with Crippen LogP contribution < -0.4 is 9.47 Å². The molecular weight excluding hydrogens is 415 g/mol. The van der Waals surface area contributed by atoms with Crippen LogP contribution in [-0.2, 0) is 20.4 Å². The molecule has 0 amide bonds. The SMILES string of the molecule is COC(=O)COc1cccc(Oc2ccc(C(F)(F)F)cc2[N+](=O)[O-])c1C(=O)OC. The molecule has 0 aromatic heterocycles. The van der Waals surface area contributed by atoms with E-state index in [0.29, 0.717) is 12.1 Å². The van der Waals surface area contributed by atoms with Crippen LogP contribution in [0.25, 0.3) is 0 Å². The minimum atomic E-state index is -4.80. The fourth-order valence-electron chi connectivity index (χ4n) is 2.26. The lowest BCUT2D eigenvalue weighted by atomic mass is 10.1. The number of carbonyl (C=O) groups is 2. The minimum absolute atomic E-state index is 0.167. The first-order valence-corrected chi connectivity index (χ1v) is 8.03. The molecule has 0 unspecified atom stereocenters. The second kappa shape index (κ2) is 9.11. The maximum Gasteiger partial charge on any atom is 0.416 e. The zero-order valence-electron chi connectivity index (χ0n) is 15.5. The summed E-state index contributed by atoms with van der Waals surface area (Å²) < 4.78 is 58.2. The lowest BCUT2D eigenvalue weighted by Gasteiger charge is -2.15. The van der Waals surface area contributed by atoms with Crippen LogP contribution in [0.3, 0.4) is 0 Å². The molecule has 30 heavy (non-hydrogen) atoms. The Kier molecular flexibility index (Phi) is 6.82. The summed E-state index contributed by atoms with van der Waals surface area (Å²) in [6, 6.07) is 5.51. The van der Waals surface area contributed by atoms with E-state index in [1.165, 1.54) is 18.2 Å². The van der Waals surface area contributed by atoms with Gasteiger partial charge in [0.05, 0.1) is 24.7 Å². The Balaban J connectivity index is 2.50. The fraction of sp³-hybridized carbons (Fsp3) is 0.222. The quantitative estimate of drug-likeness (QED) is 0.371. The van der Waals surface area contributed by atoms with Crippen LogP contribution in [0, 0.1) is 10.1 Å². The van der Waals surface area contributed by atoms with Crippen molar-refractivity contribution in [3.8, 4) is 17.2 Å². The van der Waals surface area contributed by atoms with Gasteiger partial charge in [0.1, 0.15) is 17.1 Å². The molecule has 0 saturated heterocycles. The number of carbonyl (C=O) groups excluding carboxylic acids is 2. The standard InChI is InChI=1S/C18H14F3NO8/c1-27-15(23)9-29-13-4-3-5-14(16(13)17(24)28-2)30-12-7-6-10(18(19,20)21)8-11(12)22(25)26/h3-8H,9H2,1-2H3. The first-order valence-electron chi connectivity index (χ1n) is 8.03. The van der Waals surface area contributed by atoms with Gasteiger partial charge in [-0.15, -0.1) is 0 Å². The third-order valence-corrected chi connectivity index (χ3v) is 3.65. The molecule has 0 aliphatic heterocycles. The topological polar surface area (TPSA) is 114 Å². The summed E-state index contributed by atoms with van der Waals surface area (Å²) in [5.74, 6) is -2.75. The van der Waals surface area contributed by atoms with Gasteiger partial charge in [0.15, 0.2) is 6.61 Å². The molecule has 2 aromatic carbocycles. The van der Waals surface area contributed by atoms with Gasteiger partial charge < -0.3 is 18.9 Å². The molecule has 0 radical (unpaired) electrons. The van der Waals surface area contributed by atoms with Crippen molar-refractivity contribution in [3.63, 3.8) is 0 Å². The van der Waals surface area contributed by atoms with Crippen LogP contribution >= 0.6 is 0 Å². The summed E-state index contributed by atoms with van der Waals surface area (Å²) in [5.41, 5.74) is -2.55. The van der Waals surface area contributed by atoms with E-state index in [1.807, 2.05) is 0 Å². The summed E-state index contributed by atoms with van der Waals surface area (Å²) in [5, 5.41) is 11.2. The largest absolute Gasteiger partial charge is 0.481 e. The smallest absolute Gasteiger partial charge is 0.416 e. The molecule has 0 fully saturated rings. The van der Waals surface area contributed by atoms with Crippen LogP contribution in [-0.4, -0.2) is 37.7 Å². The summed E-state index contributed by atoms with van der Waals surface area (Å²) in [6.07, 6.45) is -4.80. The second-order valence-electron chi connectivity index (χ2n) is 5.53. The summed E-state index contributed by atoms with van der Waals surface area (Å²) in [6.45, 7) is -0.565. The van der Waals surface area contributed by atoms with Crippen LogP contribution in [0.2, 0.25) is 0 Å². The van der Waals surface area contributed by atoms with Crippen LogP contribution in [0.15, 0.2) is 36.4 Å². The van der Waals surface area contributed by atoms with Crippen molar-refractivity contribution >= 4 is 17.6 Å². The molecule has 0 aliphatic carbocycles. The number of esters is 2. The predicted molar refractivity (Wildman–Crippen MR) is 93.5 cm³/mol. The lowest BCUT2D eigenvalue weighted by molar-refractivity contribution is -0.385. The van der Waals surface area contributed by atoms with Crippen LogP contribution in [0.1, 0.15) is 15.9 Å². The number of nitrogens with zero attached hydrogens (tertiary/aromatic N) is 1. The predicted octanol–water partition coefficient (Wildman–Crippen LogP) is 3.74. The number of nitro groups is 1. The third-order valence-electron chi connectivity index (χ3n) is 3.65. The van der Waals surface area contributed by atoms with E-state index in [9.17, 15) is 32.9 Å². The molecule has 160 valence electrons. The Morgan fingerprint density at radius 2 is 1.70 bits per heavy atom. The van der Waals surface area contributed by atoms with Crippen molar-refractivity contribution in [3.05, 3.63) is 57.6 Å². The van der Waals surface area contributed by atoms with Crippen LogP contribution in [0.5, 0.6) is 17.2 Å². The van der Waals surface area contributed by atoms with Crippen molar-refractivity contribution in [2.75, 3.05) is 20.8 Å². The Labute approximate surface area is 167 Å². The van der Waals surface area contributed by atoms with Gasteiger partial charge >= 0.3 is 23.8 Å². The number of hydrogen-bond donors (Lipinski definition) is 0. The van der Waals surface area contributed by atoms with E-state index in [4.69, 9.17) is 9.47 Å². The zero-order chi connectivity index (χ0) is 22.5. The van der Waals surface area contributed by atoms with Gasteiger partial charge in [-0.3, -0.25) is 10.1 Å². The first kappa shape index (κ1) is 22.5. The van der Waals surface area contributed by atoms with E-state index in [2.05, 4.69) is 9.47 Å². The number of methoxy groups -OCH3 is 2. The average molecular weight is 429 g/mol. The zero-order valence-corrected chi connectivity index (χ0v) is 15.5. The molecule has 0 spiro atoms. The molecular formula is C18H14F3NO8. The number of halogens is 3. The van der Waals surface area contributed by atoms with E-state index in [1.54, 1.807) is 0 Å². The highest BCUT2D eigenvalue weighted by atomic mass is 19.4. The Morgan fingerprint density at radius 1 is 1.03 bits per heavy atom. The maximum absolute atomic E-state index is 12.9. The van der Waals surface area contributed by atoms with E-state index < -0.39 is 46.6 Å². The Hall–Kier alpha value is -3.83. The van der Waals surface area contributed by atoms with Gasteiger partial charge in [-0.2, -0.15) is 13.2 Å². The van der Waals surface area contributed by atoms with Gasteiger partial charge in [-0.25, -0.2) is 9.59 Å². The van der Waals surface area contributed by atoms with Gasteiger partial charge in [0.2, 0.25) is 5.75 Å². The molecule has 0 atom stereocenters. The highest BCUT2D eigenvalue weighted by Gasteiger charge is 2.34. The summed E-state index contributed by atoms with van der Waals surface area (Å²) >= 11 is 0. The maximum atomic E-state index is 12.9. The van der Waals surface area contributed by atoms with Crippen molar-refractivity contribution in [2.45, 2.75) is 6.18 Å². The summed E-state index contributed by atoms with van der Waals surface area (Å²) in [7, 11) is 2.17. The first-order chi connectivity index (χ1) is 14.1. The number of ether oxygens (including phenoxy) is 4. The second-order valence-corrected chi connectivity index (χ2v) is 5.53. The van der Waals surface area contributed by atoms with Crippen molar-refractivity contribution in [1.29, 1.82) is 0 Å². The van der Waals surface area contributed by atoms with Gasteiger partial charge in [0, 0.05) is 6.07 Å². The van der Waals surface area contributed by atoms with E-state index >= 15 is 0 Å². The number of alkyl halides is 3. The van der Waals surface area contributed by atoms with E-state index in [-0.39, 0.29) is 17.1 Å². The number of rotatable bonds is 7. The number of hydrogen-bond acceptors (Lipinski definition) is 8. The van der Waals surface area contributed by atoms with Gasteiger partial charge in [-0.05, 0) is 24.3 Å². The molecule has 0 heterocycles. The molecule has 9 nitrogen and oxygen atoms in total. The van der Waals surface area contributed by atoms with Gasteiger partial charge in [-0.1, -0.05) is 6.07 Å². The Bertz CT molecular complexity index is 974. The normalized spacial score (nSPS) is 10.8. The molecule has 0 saturated carbocycles. The summed E-state index contributed by atoms with van der Waals surface area (Å²) in [4.78, 5) is 33.6. The monoisotopic (exact) mass is 429 g/mol. The third kappa shape index (κ3) is 5.16. The molecule has 0 aliphatic rings. The minimum Gasteiger partial charge on any atom is -0.481 e. The fourth-order valence-corrected chi connectivity index (χ4v) is 2.26. The molecule has 2 aromatic rings. The van der Waals surface area contributed by atoms with Crippen molar-refractivity contribution < 1.29 is 46.6 Å². The number of benzene rings is 2. The lowest BCUT2D eigenvalue weighted by Crippen LogP contribution is -2.15. The van der Waals surface area contributed by atoms with Gasteiger partial charge in [0.25, 0.3) is 0 Å². The molecule has 0 bridgehead atoms. The van der Waals surface area contributed by atoms with Crippen molar-refractivity contribution in [2.24, 2.45) is 0 Å². The molecule has 2 rings (SSSR count). The molecule has 12 heteroatoms. The highest BCUT2D eigenvalue weighted by molar-refractivity contribution is 5.95. The highest BCUT2D eigenvalue weighted by Crippen LogP contribution is 2.40. The number of nitro benzene ring substituents is 1. The Morgan fingerprint density at radius 3 is 2.27 bits per heavy atom. The molecule has 0 N–H and O–H groups in total. The van der Waals surface area contributed by atoms with Crippen LogP contribution in [0.4, 0.5) is 18.9 Å². The average Bonchev–Trinajstić information content (AvgIpc) is 2.70.